The zero-order valence-corrected chi connectivity index (χ0v) is 18.5. The first kappa shape index (κ1) is 21.5. The highest BCUT2D eigenvalue weighted by Crippen LogP contribution is 2.27. The summed E-state index contributed by atoms with van der Waals surface area (Å²) in [5.74, 6) is 0.209. The molecule has 3 aromatic carbocycles. The first-order valence-electron chi connectivity index (χ1n) is 10.6. The van der Waals surface area contributed by atoms with Gasteiger partial charge < -0.3 is 14.6 Å². The Morgan fingerprint density at radius 2 is 1.59 bits per heavy atom. The van der Waals surface area contributed by atoms with Crippen LogP contribution >= 0.6 is 0 Å². The van der Waals surface area contributed by atoms with Gasteiger partial charge in [-0.1, -0.05) is 60.7 Å². The van der Waals surface area contributed by atoms with Crippen molar-refractivity contribution in [3.8, 4) is 11.3 Å². The van der Waals surface area contributed by atoms with E-state index in [1.165, 1.54) is 0 Å². The van der Waals surface area contributed by atoms with Gasteiger partial charge in [-0.3, -0.25) is 9.59 Å². The molecular formula is C27H26N2O3. The first-order chi connectivity index (χ1) is 15.5. The molecule has 0 aliphatic rings. The maximum atomic E-state index is 13.1. The van der Waals surface area contributed by atoms with E-state index in [4.69, 9.17) is 4.42 Å². The van der Waals surface area contributed by atoms with Crippen LogP contribution in [0.2, 0.25) is 0 Å². The normalized spacial score (nSPS) is 11.1. The van der Waals surface area contributed by atoms with Crippen molar-refractivity contribution in [1.29, 1.82) is 0 Å². The molecule has 0 saturated carbocycles. The Kier molecular flexibility index (Phi) is 6.19. The van der Waals surface area contributed by atoms with Gasteiger partial charge in [-0.15, -0.1) is 0 Å². The predicted molar refractivity (Wildman–Crippen MR) is 128 cm³/mol. The maximum absolute atomic E-state index is 13.1. The average Bonchev–Trinajstić information content (AvgIpc) is 2.80. The van der Waals surface area contributed by atoms with Gasteiger partial charge in [0.15, 0.2) is 11.0 Å². The van der Waals surface area contributed by atoms with E-state index < -0.39 is 0 Å². The minimum absolute atomic E-state index is 0.129. The predicted octanol–water partition coefficient (Wildman–Crippen LogP) is 4.76. The molecule has 1 N–H and O–H groups in total. The van der Waals surface area contributed by atoms with Crippen LogP contribution in [0, 0.1) is 6.92 Å². The van der Waals surface area contributed by atoms with Gasteiger partial charge in [-0.05, 0) is 44.3 Å². The van der Waals surface area contributed by atoms with Crippen LogP contribution in [-0.4, -0.2) is 24.9 Å². The molecule has 0 atom stereocenters. The average molecular weight is 427 g/mol. The van der Waals surface area contributed by atoms with Crippen molar-refractivity contribution in [2.45, 2.75) is 20.0 Å². The lowest BCUT2D eigenvalue weighted by Crippen LogP contribution is -2.24. The van der Waals surface area contributed by atoms with Crippen LogP contribution in [0.1, 0.15) is 27.0 Å². The van der Waals surface area contributed by atoms with Crippen molar-refractivity contribution in [2.75, 3.05) is 14.1 Å². The summed E-state index contributed by atoms with van der Waals surface area (Å²) in [7, 11) is 4.03. The molecule has 32 heavy (non-hydrogen) atoms. The molecular weight excluding hydrogens is 400 g/mol. The largest absolute Gasteiger partial charge is 0.455 e. The van der Waals surface area contributed by atoms with Crippen LogP contribution in [0.3, 0.4) is 0 Å². The molecule has 162 valence electrons. The van der Waals surface area contributed by atoms with Crippen molar-refractivity contribution in [1.82, 2.24) is 10.2 Å². The van der Waals surface area contributed by atoms with Crippen molar-refractivity contribution in [2.24, 2.45) is 0 Å². The Balaban J connectivity index is 1.70. The third kappa shape index (κ3) is 4.34. The van der Waals surface area contributed by atoms with E-state index in [0.717, 1.165) is 23.2 Å². The second kappa shape index (κ2) is 9.20. The molecule has 0 aliphatic carbocycles. The number of amides is 1. The van der Waals surface area contributed by atoms with Crippen LogP contribution in [0.4, 0.5) is 0 Å². The van der Waals surface area contributed by atoms with Crippen molar-refractivity contribution >= 4 is 16.9 Å². The number of hydrogen-bond acceptors (Lipinski definition) is 4. The highest BCUT2D eigenvalue weighted by molar-refractivity contribution is 6.05. The lowest BCUT2D eigenvalue weighted by atomic mass is 10.0. The summed E-state index contributed by atoms with van der Waals surface area (Å²) < 4.78 is 6.17. The molecule has 0 aliphatic heterocycles. The molecule has 5 nitrogen and oxygen atoms in total. The summed E-state index contributed by atoms with van der Waals surface area (Å²) in [6.07, 6.45) is 0. The van der Waals surface area contributed by atoms with Crippen LogP contribution in [0.25, 0.3) is 22.3 Å². The number of hydrogen-bond donors (Lipinski definition) is 1. The molecule has 1 heterocycles. The summed E-state index contributed by atoms with van der Waals surface area (Å²) in [5.41, 5.74) is 4.07. The van der Waals surface area contributed by atoms with Gasteiger partial charge in [0.2, 0.25) is 0 Å². The van der Waals surface area contributed by atoms with Gasteiger partial charge in [0.05, 0.1) is 10.9 Å². The number of fused-ring (bicyclic) bond motifs is 1. The lowest BCUT2D eigenvalue weighted by molar-refractivity contribution is 0.0951. The van der Waals surface area contributed by atoms with Crippen LogP contribution in [0.5, 0.6) is 0 Å². The zero-order chi connectivity index (χ0) is 22.7. The topological polar surface area (TPSA) is 62.6 Å². The van der Waals surface area contributed by atoms with E-state index in [9.17, 15) is 9.59 Å². The Bertz CT molecular complexity index is 1320. The Morgan fingerprint density at radius 3 is 2.31 bits per heavy atom. The molecule has 4 aromatic rings. The molecule has 0 radical (unpaired) electrons. The van der Waals surface area contributed by atoms with Gasteiger partial charge >= 0.3 is 0 Å². The van der Waals surface area contributed by atoms with Gasteiger partial charge in [0.1, 0.15) is 5.76 Å². The van der Waals surface area contributed by atoms with Crippen molar-refractivity contribution in [3.05, 3.63) is 105 Å². The molecule has 1 amide bonds. The summed E-state index contributed by atoms with van der Waals surface area (Å²) in [6, 6.07) is 22.6. The van der Waals surface area contributed by atoms with Gasteiger partial charge in [-0.25, -0.2) is 0 Å². The number of benzene rings is 3. The van der Waals surface area contributed by atoms with Gasteiger partial charge in [0.25, 0.3) is 5.91 Å². The number of rotatable bonds is 6. The quantitative estimate of drug-likeness (QED) is 0.483. The SMILES string of the molecule is Cc1c(-c2ccccc2)oc2c(C(=O)NCc3ccccc3CN(C)C)cccc2c1=O. The van der Waals surface area contributed by atoms with E-state index in [2.05, 4.69) is 16.3 Å². The van der Waals surface area contributed by atoms with E-state index in [-0.39, 0.29) is 11.3 Å². The molecule has 0 saturated heterocycles. The maximum Gasteiger partial charge on any atom is 0.255 e. The minimum atomic E-state index is -0.277. The summed E-state index contributed by atoms with van der Waals surface area (Å²) in [6.45, 7) is 2.93. The minimum Gasteiger partial charge on any atom is -0.455 e. The smallest absolute Gasteiger partial charge is 0.255 e. The second-order valence-corrected chi connectivity index (χ2v) is 8.12. The summed E-state index contributed by atoms with van der Waals surface area (Å²) in [4.78, 5) is 28.2. The molecule has 0 unspecified atom stereocenters. The summed E-state index contributed by atoms with van der Waals surface area (Å²) >= 11 is 0. The van der Waals surface area contributed by atoms with Crippen molar-refractivity contribution < 1.29 is 9.21 Å². The molecule has 0 fully saturated rings. The highest BCUT2D eigenvalue weighted by atomic mass is 16.3. The van der Waals surface area contributed by atoms with E-state index in [1.807, 2.05) is 62.6 Å². The molecule has 5 heteroatoms. The summed E-state index contributed by atoms with van der Waals surface area (Å²) in [5, 5.41) is 3.40. The number of carbonyl (C=O) groups excluding carboxylic acids is 1. The molecule has 1 aromatic heterocycles. The van der Waals surface area contributed by atoms with E-state index in [1.54, 1.807) is 25.1 Å². The zero-order valence-electron chi connectivity index (χ0n) is 18.5. The number of para-hydroxylation sites is 1. The highest BCUT2D eigenvalue weighted by Gasteiger charge is 2.18. The third-order valence-corrected chi connectivity index (χ3v) is 5.47. The van der Waals surface area contributed by atoms with E-state index >= 15 is 0 Å². The number of nitrogens with zero attached hydrogens (tertiary/aromatic N) is 1. The second-order valence-electron chi connectivity index (χ2n) is 8.12. The lowest BCUT2D eigenvalue weighted by Gasteiger charge is -2.15. The molecule has 4 rings (SSSR count). The van der Waals surface area contributed by atoms with Crippen LogP contribution < -0.4 is 10.7 Å². The fraction of sp³-hybridized carbons (Fsp3) is 0.185. The van der Waals surface area contributed by atoms with Crippen molar-refractivity contribution in [3.63, 3.8) is 0 Å². The number of nitrogens with one attached hydrogen (secondary N) is 1. The fourth-order valence-electron chi connectivity index (χ4n) is 3.85. The Morgan fingerprint density at radius 1 is 0.906 bits per heavy atom. The van der Waals surface area contributed by atoms with Gasteiger partial charge in [-0.2, -0.15) is 0 Å². The Labute approximate surface area is 187 Å². The van der Waals surface area contributed by atoms with E-state index in [0.29, 0.717) is 34.4 Å². The first-order valence-corrected chi connectivity index (χ1v) is 10.6. The monoisotopic (exact) mass is 426 g/mol. The number of carbonyl (C=O) groups is 1. The Hall–Kier alpha value is -3.70. The molecule has 0 spiro atoms. The van der Waals surface area contributed by atoms with Crippen LogP contribution in [-0.2, 0) is 13.1 Å². The van der Waals surface area contributed by atoms with Gasteiger partial charge in [0, 0.05) is 24.2 Å². The van der Waals surface area contributed by atoms with Crippen LogP contribution in [0.15, 0.2) is 82.0 Å². The third-order valence-electron chi connectivity index (χ3n) is 5.47. The standard InChI is InChI=1S/C27H26N2O3/c1-18-24(30)22-14-9-15-23(26(22)32-25(18)19-10-5-4-6-11-19)27(31)28-16-20-12-7-8-13-21(20)17-29(2)3/h4-15H,16-17H2,1-3H3,(H,28,31). The molecule has 0 bridgehead atoms. The fourth-order valence-corrected chi connectivity index (χ4v) is 3.85.